The Morgan fingerprint density at radius 3 is 2.42 bits per heavy atom. The minimum absolute atomic E-state index is 0.233. The fourth-order valence-corrected chi connectivity index (χ4v) is 1.97. The van der Waals surface area contributed by atoms with Gasteiger partial charge >= 0.3 is 5.97 Å². The van der Waals surface area contributed by atoms with Crippen LogP contribution >= 0.6 is 0 Å². The lowest BCUT2D eigenvalue weighted by Gasteiger charge is -2.24. The summed E-state index contributed by atoms with van der Waals surface area (Å²) in [5, 5.41) is 3.29. The van der Waals surface area contributed by atoms with E-state index in [0.717, 1.165) is 22.6 Å². The van der Waals surface area contributed by atoms with E-state index in [9.17, 15) is 4.79 Å². The molecule has 0 bridgehead atoms. The first-order chi connectivity index (χ1) is 8.81. The van der Waals surface area contributed by atoms with Crippen molar-refractivity contribution in [3.05, 3.63) is 23.3 Å². The molecule has 4 heteroatoms. The molecule has 0 aromatic heterocycles. The first-order valence-corrected chi connectivity index (χ1v) is 6.29. The van der Waals surface area contributed by atoms with Crippen molar-refractivity contribution in [2.24, 2.45) is 5.41 Å². The summed E-state index contributed by atoms with van der Waals surface area (Å²) in [6.07, 6.45) is 0. The highest BCUT2D eigenvalue weighted by Crippen LogP contribution is 2.31. The zero-order valence-electron chi connectivity index (χ0n) is 12.6. The van der Waals surface area contributed by atoms with Gasteiger partial charge in [-0.15, -0.1) is 0 Å². The Morgan fingerprint density at radius 1 is 1.26 bits per heavy atom. The average Bonchev–Trinajstić information content (AvgIpc) is 2.35. The summed E-state index contributed by atoms with van der Waals surface area (Å²) in [5.41, 5.74) is 2.58. The molecule has 106 valence electrons. The van der Waals surface area contributed by atoms with E-state index < -0.39 is 5.41 Å². The molecule has 0 heterocycles. The zero-order chi connectivity index (χ0) is 14.6. The van der Waals surface area contributed by atoms with Gasteiger partial charge in [0.15, 0.2) is 0 Å². The second-order valence-corrected chi connectivity index (χ2v) is 5.39. The smallest absolute Gasteiger partial charge is 0.313 e. The zero-order valence-corrected chi connectivity index (χ0v) is 12.6. The topological polar surface area (TPSA) is 47.6 Å². The van der Waals surface area contributed by atoms with E-state index >= 15 is 0 Å². The second-order valence-electron chi connectivity index (χ2n) is 5.39. The molecule has 1 N–H and O–H groups in total. The highest BCUT2D eigenvalue weighted by molar-refractivity contribution is 5.77. The number of rotatable bonds is 5. The number of aryl methyl sites for hydroxylation is 2. The van der Waals surface area contributed by atoms with Crippen LogP contribution < -0.4 is 10.1 Å². The van der Waals surface area contributed by atoms with Crippen LogP contribution in [0.4, 0.5) is 5.69 Å². The Hall–Kier alpha value is -1.71. The minimum Gasteiger partial charge on any atom is -0.495 e. The summed E-state index contributed by atoms with van der Waals surface area (Å²) in [7, 11) is 3.05. The number of nitrogens with one attached hydrogen (secondary N) is 1. The maximum Gasteiger partial charge on any atom is 0.313 e. The van der Waals surface area contributed by atoms with Crippen molar-refractivity contribution >= 4 is 11.7 Å². The van der Waals surface area contributed by atoms with Crippen molar-refractivity contribution in [3.8, 4) is 5.75 Å². The fraction of sp³-hybridized carbons (Fsp3) is 0.533. The molecule has 0 saturated carbocycles. The predicted octanol–water partition coefficient (Wildman–Crippen LogP) is 2.92. The van der Waals surface area contributed by atoms with Crippen molar-refractivity contribution in [2.75, 3.05) is 26.1 Å². The van der Waals surface area contributed by atoms with Crippen molar-refractivity contribution in [1.29, 1.82) is 0 Å². The van der Waals surface area contributed by atoms with Gasteiger partial charge in [-0.05, 0) is 44.9 Å². The van der Waals surface area contributed by atoms with Gasteiger partial charge in [0.1, 0.15) is 5.75 Å². The van der Waals surface area contributed by atoms with E-state index in [4.69, 9.17) is 9.47 Å². The highest BCUT2D eigenvalue weighted by Gasteiger charge is 2.28. The lowest BCUT2D eigenvalue weighted by atomic mass is 9.93. The fourth-order valence-electron chi connectivity index (χ4n) is 1.97. The molecular weight excluding hydrogens is 242 g/mol. The van der Waals surface area contributed by atoms with E-state index in [1.165, 1.54) is 7.11 Å². The van der Waals surface area contributed by atoms with Crippen LogP contribution in [0.3, 0.4) is 0 Å². The molecule has 0 saturated heterocycles. The molecule has 0 unspecified atom stereocenters. The van der Waals surface area contributed by atoms with Crippen molar-refractivity contribution in [3.63, 3.8) is 0 Å². The minimum atomic E-state index is -0.586. The molecule has 1 aromatic carbocycles. The number of esters is 1. The number of carbonyl (C=O) groups is 1. The molecule has 0 aliphatic heterocycles. The molecule has 0 radical (unpaired) electrons. The van der Waals surface area contributed by atoms with Crippen LogP contribution in [-0.2, 0) is 9.53 Å². The van der Waals surface area contributed by atoms with Crippen LogP contribution in [0.2, 0.25) is 0 Å². The van der Waals surface area contributed by atoms with Crippen molar-refractivity contribution in [1.82, 2.24) is 0 Å². The molecule has 0 aliphatic rings. The summed E-state index contributed by atoms with van der Waals surface area (Å²) in [4.78, 5) is 11.7. The van der Waals surface area contributed by atoms with Gasteiger partial charge in [-0.25, -0.2) is 0 Å². The first kappa shape index (κ1) is 15.3. The molecule has 0 aliphatic carbocycles. The highest BCUT2D eigenvalue weighted by atomic mass is 16.5. The van der Waals surface area contributed by atoms with E-state index in [-0.39, 0.29) is 5.97 Å². The van der Waals surface area contributed by atoms with Gasteiger partial charge in [-0.2, -0.15) is 0 Å². The number of benzene rings is 1. The van der Waals surface area contributed by atoms with E-state index in [2.05, 4.69) is 11.4 Å². The second kappa shape index (κ2) is 5.95. The molecule has 0 fully saturated rings. The number of carbonyl (C=O) groups excluding carboxylic acids is 1. The standard InChI is InChI=1S/C15H23NO3/c1-10-7-11(2)13(12(8-10)18-5)16-9-15(3,4)14(17)19-6/h7-8,16H,9H2,1-6H3. The van der Waals surface area contributed by atoms with Gasteiger partial charge in [-0.3, -0.25) is 4.79 Å². The number of methoxy groups -OCH3 is 2. The van der Waals surface area contributed by atoms with Crippen LogP contribution in [0, 0.1) is 19.3 Å². The van der Waals surface area contributed by atoms with Crippen LogP contribution in [0.15, 0.2) is 12.1 Å². The maximum atomic E-state index is 11.7. The quantitative estimate of drug-likeness (QED) is 0.832. The Balaban J connectivity index is 2.92. The molecule has 0 amide bonds. The third-order valence-corrected chi connectivity index (χ3v) is 3.11. The maximum absolute atomic E-state index is 11.7. The first-order valence-electron chi connectivity index (χ1n) is 6.29. The van der Waals surface area contributed by atoms with Crippen LogP contribution in [0.25, 0.3) is 0 Å². The Labute approximate surface area is 115 Å². The monoisotopic (exact) mass is 265 g/mol. The summed E-state index contributed by atoms with van der Waals surface area (Å²) in [6, 6.07) is 4.05. The Bertz CT molecular complexity index is 467. The molecule has 1 aromatic rings. The van der Waals surface area contributed by atoms with Crippen molar-refractivity contribution < 1.29 is 14.3 Å². The van der Waals surface area contributed by atoms with Gasteiger partial charge in [0, 0.05) is 6.54 Å². The number of ether oxygens (including phenoxy) is 2. The third kappa shape index (κ3) is 3.63. The average molecular weight is 265 g/mol. The number of hydrogen-bond acceptors (Lipinski definition) is 4. The Kier molecular flexibility index (Phi) is 4.81. The van der Waals surface area contributed by atoms with E-state index in [1.807, 2.05) is 33.8 Å². The molecule has 1 rings (SSSR count). The summed E-state index contributed by atoms with van der Waals surface area (Å²) < 4.78 is 10.2. The number of hydrogen-bond donors (Lipinski definition) is 1. The van der Waals surface area contributed by atoms with Gasteiger partial charge in [-0.1, -0.05) is 6.07 Å². The van der Waals surface area contributed by atoms with Crippen LogP contribution in [0.1, 0.15) is 25.0 Å². The van der Waals surface area contributed by atoms with Crippen molar-refractivity contribution in [2.45, 2.75) is 27.7 Å². The lowest BCUT2D eigenvalue weighted by Crippen LogP contribution is -2.33. The SMILES string of the molecule is COC(=O)C(C)(C)CNc1c(C)cc(C)cc1OC. The van der Waals surface area contributed by atoms with Gasteiger partial charge in [0.25, 0.3) is 0 Å². The predicted molar refractivity (Wildman–Crippen MR) is 76.8 cm³/mol. The summed E-state index contributed by atoms with van der Waals surface area (Å²) in [6.45, 7) is 8.23. The lowest BCUT2D eigenvalue weighted by molar-refractivity contribution is -0.149. The third-order valence-electron chi connectivity index (χ3n) is 3.11. The number of anilines is 1. The van der Waals surface area contributed by atoms with E-state index in [0.29, 0.717) is 6.54 Å². The normalized spacial score (nSPS) is 11.1. The van der Waals surface area contributed by atoms with Gasteiger partial charge in [0.2, 0.25) is 0 Å². The summed E-state index contributed by atoms with van der Waals surface area (Å²) >= 11 is 0. The van der Waals surface area contributed by atoms with Crippen LogP contribution in [0.5, 0.6) is 5.75 Å². The Morgan fingerprint density at radius 2 is 1.89 bits per heavy atom. The molecule has 0 spiro atoms. The van der Waals surface area contributed by atoms with Gasteiger partial charge < -0.3 is 14.8 Å². The molecule has 4 nitrogen and oxygen atoms in total. The van der Waals surface area contributed by atoms with E-state index in [1.54, 1.807) is 7.11 Å². The van der Waals surface area contributed by atoms with Crippen LogP contribution in [-0.4, -0.2) is 26.7 Å². The molecular formula is C15H23NO3. The molecule has 19 heavy (non-hydrogen) atoms. The largest absolute Gasteiger partial charge is 0.495 e. The molecule has 0 atom stereocenters. The van der Waals surface area contributed by atoms with Gasteiger partial charge in [0.05, 0.1) is 25.3 Å². The summed E-state index contributed by atoms with van der Waals surface area (Å²) in [5.74, 6) is 0.557.